The van der Waals surface area contributed by atoms with Crippen LogP contribution in [0.3, 0.4) is 0 Å². The highest BCUT2D eigenvalue weighted by Gasteiger charge is 2.23. The third kappa shape index (κ3) is 40.2. The van der Waals surface area contributed by atoms with Crippen LogP contribution in [0.15, 0.2) is 0 Å². The molecular weight excluding hydrogens is 677 g/mol. The predicted octanol–water partition coefficient (Wildman–Crippen LogP) is 12.1. The van der Waals surface area contributed by atoms with Gasteiger partial charge in [0.05, 0.1) is 13.2 Å². The third-order valence-corrected chi connectivity index (χ3v) is 10.8. The second-order valence-corrected chi connectivity index (χ2v) is 16.5. The van der Waals surface area contributed by atoms with Crippen molar-refractivity contribution in [2.75, 3.05) is 26.4 Å². The Labute approximate surface area is 320 Å². The first kappa shape index (κ1) is 51.0. The summed E-state index contributed by atoms with van der Waals surface area (Å²) in [6, 6.07) is 0. The van der Waals surface area contributed by atoms with Gasteiger partial charge >= 0.3 is 13.8 Å². The molecule has 0 aliphatic heterocycles. The monoisotopic (exact) mass is 762 g/mol. The van der Waals surface area contributed by atoms with E-state index in [1.54, 1.807) is 0 Å². The van der Waals surface area contributed by atoms with E-state index in [-0.39, 0.29) is 25.7 Å². The number of phosphoric ester groups is 1. The van der Waals surface area contributed by atoms with Crippen molar-refractivity contribution in [3.63, 3.8) is 0 Å². The van der Waals surface area contributed by atoms with Crippen LogP contribution in [-0.2, 0) is 27.9 Å². The molecule has 9 nitrogen and oxygen atoms in total. The van der Waals surface area contributed by atoms with Crippen LogP contribution in [-0.4, -0.2) is 54.3 Å². The van der Waals surface area contributed by atoms with E-state index in [2.05, 4.69) is 19.2 Å². The normalized spacial score (nSPS) is 13.2. The van der Waals surface area contributed by atoms with Crippen molar-refractivity contribution in [2.45, 2.75) is 232 Å². The molecule has 310 valence electrons. The number of aliphatic hydroxyl groups excluding tert-OH is 1. The van der Waals surface area contributed by atoms with Crippen LogP contribution in [0.2, 0.25) is 0 Å². The lowest BCUT2D eigenvalue weighted by Crippen LogP contribution is -2.27. The molecule has 0 aromatic heterocycles. The average molecular weight is 762 g/mol. The number of hydrogen-bond donors (Lipinski definition) is 3. The zero-order valence-corrected chi connectivity index (χ0v) is 34.9. The fraction of sp³-hybridized carbons (Fsp3) is 0.952. The molecule has 0 saturated carbocycles. The summed E-state index contributed by atoms with van der Waals surface area (Å²) >= 11 is 0. The molecule has 0 rings (SSSR count). The average Bonchev–Trinajstić information content (AvgIpc) is 3.13. The molecule has 2 atom stereocenters. The highest BCUT2D eigenvalue weighted by Crippen LogP contribution is 2.42. The van der Waals surface area contributed by atoms with E-state index in [1.807, 2.05) is 0 Å². The van der Waals surface area contributed by atoms with Crippen LogP contribution >= 0.6 is 7.82 Å². The minimum absolute atomic E-state index is 0.0881. The van der Waals surface area contributed by atoms with Crippen LogP contribution in [0.1, 0.15) is 226 Å². The van der Waals surface area contributed by atoms with Gasteiger partial charge in [-0.1, -0.05) is 200 Å². The van der Waals surface area contributed by atoms with E-state index in [9.17, 15) is 24.2 Å². The summed E-state index contributed by atoms with van der Waals surface area (Å²) in [4.78, 5) is 33.9. The quantitative estimate of drug-likeness (QED) is 0.0318. The lowest BCUT2D eigenvalue weighted by atomic mass is 10.0. The lowest BCUT2D eigenvalue weighted by molar-refractivity contribution is -0.147. The molecule has 0 aromatic rings. The largest absolute Gasteiger partial charge is 0.472 e. The lowest BCUT2D eigenvalue weighted by Gasteiger charge is -2.15. The number of unbranched alkanes of at least 4 members (excludes halogenated alkanes) is 29. The number of nitrogens with one attached hydrogen (secondary N) is 1. The number of aliphatic hydroxyl groups is 1. The van der Waals surface area contributed by atoms with Gasteiger partial charge in [-0.2, -0.15) is 0 Å². The number of hydrogen-bond acceptors (Lipinski definition) is 7. The van der Waals surface area contributed by atoms with Gasteiger partial charge in [-0.15, -0.1) is 0 Å². The van der Waals surface area contributed by atoms with Gasteiger partial charge in [0.1, 0.15) is 12.7 Å². The molecule has 0 radical (unpaired) electrons. The Morgan fingerprint density at radius 3 is 1.25 bits per heavy atom. The molecule has 3 N–H and O–H groups in total. The van der Waals surface area contributed by atoms with Gasteiger partial charge in [0, 0.05) is 19.4 Å². The molecule has 1 amide bonds. The van der Waals surface area contributed by atoms with Gasteiger partial charge in [-0.05, 0) is 12.8 Å². The zero-order valence-electron chi connectivity index (χ0n) is 34.0. The van der Waals surface area contributed by atoms with E-state index in [0.717, 1.165) is 38.5 Å². The Balaban J connectivity index is 3.54. The molecule has 0 bridgehead atoms. The summed E-state index contributed by atoms with van der Waals surface area (Å²) in [5, 5.41) is 12.7. The van der Waals surface area contributed by atoms with E-state index < -0.39 is 26.5 Å². The Bertz CT molecular complexity index is 830. The minimum atomic E-state index is -4.41. The van der Waals surface area contributed by atoms with Gasteiger partial charge in [-0.3, -0.25) is 18.6 Å². The maximum Gasteiger partial charge on any atom is 0.472 e. The van der Waals surface area contributed by atoms with E-state index in [4.69, 9.17) is 13.8 Å². The Hall–Kier alpha value is -0.990. The maximum absolute atomic E-state index is 12.1. The van der Waals surface area contributed by atoms with E-state index in [0.29, 0.717) is 12.8 Å². The summed E-state index contributed by atoms with van der Waals surface area (Å²) in [6.45, 7) is 3.59. The van der Waals surface area contributed by atoms with Gasteiger partial charge in [0.2, 0.25) is 5.91 Å². The van der Waals surface area contributed by atoms with E-state index >= 15 is 0 Å². The predicted molar refractivity (Wildman–Crippen MR) is 215 cm³/mol. The van der Waals surface area contributed by atoms with Crippen molar-refractivity contribution in [1.29, 1.82) is 0 Å². The standard InChI is InChI=1S/C42H84NO8P/c1-3-5-7-9-11-13-15-17-18-19-20-21-23-25-27-29-31-33-35-42(46)49-38-40(44)39-51-52(47,48)50-37-36-43-41(45)34-32-30-28-26-24-22-16-14-12-10-8-6-4-2/h40,44H,3-39H2,1-2H3,(H,43,45)(H,47,48). The summed E-state index contributed by atoms with van der Waals surface area (Å²) in [6.07, 6.45) is 38.9. The van der Waals surface area contributed by atoms with Crippen molar-refractivity contribution >= 4 is 19.7 Å². The van der Waals surface area contributed by atoms with Crippen LogP contribution in [0.4, 0.5) is 0 Å². The van der Waals surface area contributed by atoms with Crippen molar-refractivity contribution in [1.82, 2.24) is 5.32 Å². The number of carbonyl (C=O) groups is 2. The van der Waals surface area contributed by atoms with Crippen molar-refractivity contribution in [2.24, 2.45) is 0 Å². The van der Waals surface area contributed by atoms with Crippen LogP contribution < -0.4 is 5.32 Å². The van der Waals surface area contributed by atoms with Crippen LogP contribution in [0.5, 0.6) is 0 Å². The first-order chi connectivity index (χ1) is 25.3. The van der Waals surface area contributed by atoms with Crippen LogP contribution in [0.25, 0.3) is 0 Å². The van der Waals surface area contributed by atoms with Crippen molar-refractivity contribution in [3.05, 3.63) is 0 Å². The molecule has 0 aliphatic rings. The zero-order chi connectivity index (χ0) is 38.2. The van der Waals surface area contributed by atoms with E-state index in [1.165, 1.54) is 161 Å². The van der Waals surface area contributed by atoms with Crippen molar-refractivity contribution in [3.8, 4) is 0 Å². The van der Waals surface area contributed by atoms with Gasteiger partial charge in [0.15, 0.2) is 0 Å². The van der Waals surface area contributed by atoms with Crippen LogP contribution in [0, 0.1) is 0 Å². The SMILES string of the molecule is CCCCCCCCCCCCCCCCCCCCC(=O)OCC(O)COP(=O)(O)OCCNC(=O)CCCCCCCCCCCCCCC. The maximum atomic E-state index is 12.1. The van der Waals surface area contributed by atoms with Crippen molar-refractivity contribution < 1.29 is 37.9 Å². The summed E-state index contributed by atoms with van der Waals surface area (Å²) in [5.74, 6) is -0.504. The number of amides is 1. The number of rotatable bonds is 42. The topological polar surface area (TPSA) is 131 Å². The minimum Gasteiger partial charge on any atom is -0.463 e. The Morgan fingerprint density at radius 1 is 0.519 bits per heavy atom. The smallest absolute Gasteiger partial charge is 0.463 e. The van der Waals surface area contributed by atoms with Gasteiger partial charge < -0.3 is 20.1 Å². The number of ether oxygens (including phenoxy) is 1. The highest BCUT2D eigenvalue weighted by molar-refractivity contribution is 7.47. The second kappa shape index (κ2) is 39.7. The number of phosphoric acid groups is 1. The fourth-order valence-corrected chi connectivity index (χ4v) is 7.20. The molecule has 10 heteroatoms. The molecule has 2 unspecified atom stereocenters. The molecule has 0 fully saturated rings. The molecule has 52 heavy (non-hydrogen) atoms. The fourth-order valence-electron chi connectivity index (χ4n) is 6.44. The Morgan fingerprint density at radius 2 is 0.865 bits per heavy atom. The van der Waals surface area contributed by atoms with Gasteiger partial charge in [0.25, 0.3) is 0 Å². The molecule has 0 aromatic carbocycles. The molecular formula is C42H84NO8P. The first-order valence-electron chi connectivity index (χ1n) is 22.0. The first-order valence-corrected chi connectivity index (χ1v) is 23.5. The third-order valence-electron chi connectivity index (χ3n) is 9.79. The molecule has 0 saturated heterocycles. The summed E-state index contributed by atoms with van der Waals surface area (Å²) in [7, 11) is -4.41. The summed E-state index contributed by atoms with van der Waals surface area (Å²) in [5.41, 5.74) is 0. The second-order valence-electron chi connectivity index (χ2n) is 15.0. The number of esters is 1. The highest BCUT2D eigenvalue weighted by atomic mass is 31.2. The van der Waals surface area contributed by atoms with Gasteiger partial charge in [-0.25, -0.2) is 4.57 Å². The molecule has 0 aliphatic carbocycles. The molecule has 0 heterocycles. The summed E-state index contributed by atoms with van der Waals surface area (Å²) < 4.78 is 26.9. The number of carbonyl (C=O) groups excluding carboxylic acids is 2. The molecule has 0 spiro atoms. The Kier molecular flexibility index (Phi) is 38.9.